The highest BCUT2D eigenvalue weighted by Crippen LogP contribution is 1.97. The largest absolute Gasteiger partial charge is 0.468 e. The Hall–Kier alpha value is -0.220. The number of carbonyl (C=O) groups is 1. The minimum atomic E-state index is -0.144. The Bertz CT molecular complexity index is 142. The second-order valence-electron chi connectivity index (χ2n) is 2.85. The smallest absolute Gasteiger partial charge is 0.319 e. The number of ether oxygens (including phenoxy) is 1. The minimum absolute atomic E-state index is 0.144. The molecule has 0 aliphatic rings. The highest BCUT2D eigenvalue weighted by Gasteiger charge is 2.08. The van der Waals surface area contributed by atoms with E-state index in [9.17, 15) is 4.79 Å². The first-order valence-corrected chi connectivity index (χ1v) is 5.92. The van der Waals surface area contributed by atoms with E-state index in [1.54, 1.807) is 11.8 Å². The maximum absolute atomic E-state index is 11.0. The Balaban J connectivity index is 3.71. The molecule has 0 unspecified atom stereocenters. The molecule has 0 bridgehead atoms. The zero-order valence-corrected chi connectivity index (χ0v) is 9.52. The summed E-state index contributed by atoms with van der Waals surface area (Å²) in [7, 11) is 1.43. The Morgan fingerprint density at radius 3 is 2.62 bits per heavy atom. The zero-order chi connectivity index (χ0) is 10.1. The minimum Gasteiger partial charge on any atom is -0.468 e. The second kappa shape index (κ2) is 8.38. The van der Waals surface area contributed by atoms with Gasteiger partial charge in [0.15, 0.2) is 0 Å². The maximum atomic E-state index is 11.0. The summed E-state index contributed by atoms with van der Waals surface area (Å²) in [6.45, 7) is 4.47. The van der Waals surface area contributed by atoms with Gasteiger partial charge in [-0.15, -0.1) is 0 Å². The van der Waals surface area contributed by atoms with E-state index in [1.807, 2.05) is 0 Å². The Labute approximate surface area is 84.8 Å². The van der Waals surface area contributed by atoms with E-state index in [4.69, 9.17) is 0 Å². The van der Waals surface area contributed by atoms with Gasteiger partial charge in [0.2, 0.25) is 0 Å². The number of nitrogens with zero attached hydrogens (tertiary/aromatic N) is 1. The fraction of sp³-hybridized carbons (Fsp3) is 0.889. The van der Waals surface area contributed by atoms with Gasteiger partial charge in [0, 0.05) is 12.3 Å². The molecule has 0 aromatic carbocycles. The molecule has 0 fully saturated rings. The van der Waals surface area contributed by atoms with Crippen molar-refractivity contribution < 1.29 is 9.53 Å². The van der Waals surface area contributed by atoms with E-state index in [0.717, 1.165) is 25.3 Å². The molecule has 0 heterocycles. The molecule has 0 aliphatic heterocycles. The highest BCUT2D eigenvalue weighted by atomic mass is 32.2. The molecule has 0 N–H and O–H groups in total. The zero-order valence-electron chi connectivity index (χ0n) is 8.71. The molecule has 3 nitrogen and oxygen atoms in total. The molecule has 0 aromatic heterocycles. The molecule has 0 radical (unpaired) electrons. The van der Waals surface area contributed by atoms with Crippen molar-refractivity contribution in [3.8, 4) is 0 Å². The van der Waals surface area contributed by atoms with Gasteiger partial charge in [-0.25, -0.2) is 0 Å². The van der Waals surface area contributed by atoms with Crippen LogP contribution in [0.5, 0.6) is 0 Å². The third kappa shape index (κ3) is 6.90. The molecule has 0 aliphatic carbocycles. The van der Waals surface area contributed by atoms with E-state index >= 15 is 0 Å². The lowest BCUT2D eigenvalue weighted by Crippen LogP contribution is -2.33. The number of esters is 1. The summed E-state index contributed by atoms with van der Waals surface area (Å²) >= 11 is 1.80. The van der Waals surface area contributed by atoms with Gasteiger partial charge in [-0.05, 0) is 19.2 Å². The molecule has 0 aromatic rings. The highest BCUT2D eigenvalue weighted by molar-refractivity contribution is 7.98. The van der Waals surface area contributed by atoms with Crippen LogP contribution in [0.15, 0.2) is 0 Å². The fourth-order valence-corrected chi connectivity index (χ4v) is 1.49. The Morgan fingerprint density at radius 1 is 1.46 bits per heavy atom. The quantitative estimate of drug-likeness (QED) is 0.585. The summed E-state index contributed by atoms with van der Waals surface area (Å²) in [5.41, 5.74) is 0. The molecule has 0 spiro atoms. The lowest BCUT2D eigenvalue weighted by atomic mass is 10.4. The van der Waals surface area contributed by atoms with E-state index < -0.39 is 0 Å². The van der Waals surface area contributed by atoms with Crippen molar-refractivity contribution in [2.75, 3.05) is 38.8 Å². The van der Waals surface area contributed by atoms with Crippen LogP contribution in [0.2, 0.25) is 0 Å². The molecule has 0 saturated heterocycles. The van der Waals surface area contributed by atoms with Crippen molar-refractivity contribution in [1.29, 1.82) is 0 Å². The normalized spacial score (nSPS) is 10.5. The number of methoxy groups -OCH3 is 1. The summed E-state index contributed by atoms with van der Waals surface area (Å²) in [5, 5.41) is 0. The van der Waals surface area contributed by atoms with Crippen molar-refractivity contribution in [1.82, 2.24) is 4.90 Å². The van der Waals surface area contributed by atoms with Crippen LogP contribution in [0.3, 0.4) is 0 Å². The fourth-order valence-electron chi connectivity index (χ4n) is 1.05. The topological polar surface area (TPSA) is 29.5 Å². The molecule has 78 valence electrons. The summed E-state index contributed by atoms with van der Waals surface area (Å²) in [5.74, 6) is 0.923. The molecule has 13 heavy (non-hydrogen) atoms. The number of hydrogen-bond acceptors (Lipinski definition) is 4. The van der Waals surface area contributed by atoms with Crippen LogP contribution in [0.4, 0.5) is 0 Å². The van der Waals surface area contributed by atoms with Crippen LogP contribution in [-0.4, -0.2) is 49.6 Å². The van der Waals surface area contributed by atoms with E-state index in [-0.39, 0.29) is 5.97 Å². The number of hydrogen-bond donors (Lipinski definition) is 0. The first-order chi connectivity index (χ1) is 6.24. The predicted octanol–water partition coefficient (Wildman–Crippen LogP) is 1.23. The standard InChI is InChI=1S/C9H19NO2S/c1-4-5-10(6-7-13-3)8-9(11)12-2/h4-8H2,1-3H3. The first kappa shape index (κ1) is 12.8. The molecular weight excluding hydrogens is 186 g/mol. The van der Waals surface area contributed by atoms with Crippen molar-refractivity contribution in [2.24, 2.45) is 0 Å². The van der Waals surface area contributed by atoms with Crippen molar-refractivity contribution in [2.45, 2.75) is 13.3 Å². The average molecular weight is 205 g/mol. The first-order valence-electron chi connectivity index (χ1n) is 4.52. The maximum Gasteiger partial charge on any atom is 0.319 e. The van der Waals surface area contributed by atoms with E-state index in [1.165, 1.54) is 7.11 Å². The lowest BCUT2D eigenvalue weighted by molar-refractivity contribution is -0.141. The van der Waals surface area contributed by atoms with Crippen molar-refractivity contribution >= 4 is 17.7 Å². The number of thioether (sulfide) groups is 1. The summed E-state index contributed by atoms with van der Waals surface area (Å²) in [6.07, 6.45) is 3.15. The lowest BCUT2D eigenvalue weighted by Gasteiger charge is -2.19. The SMILES string of the molecule is CCCN(CCSC)CC(=O)OC. The second-order valence-corrected chi connectivity index (χ2v) is 3.83. The molecule has 0 atom stereocenters. The van der Waals surface area contributed by atoms with Gasteiger partial charge >= 0.3 is 5.97 Å². The van der Waals surface area contributed by atoms with Crippen molar-refractivity contribution in [3.63, 3.8) is 0 Å². The Kier molecular flexibility index (Phi) is 8.24. The third-order valence-electron chi connectivity index (χ3n) is 1.73. The van der Waals surface area contributed by atoms with Crippen LogP contribution in [0, 0.1) is 0 Å². The van der Waals surface area contributed by atoms with Gasteiger partial charge in [0.05, 0.1) is 13.7 Å². The molecule has 4 heteroatoms. The predicted molar refractivity (Wildman–Crippen MR) is 57.1 cm³/mol. The molecular formula is C9H19NO2S. The van der Waals surface area contributed by atoms with E-state index in [2.05, 4.69) is 22.8 Å². The van der Waals surface area contributed by atoms with Crippen LogP contribution in [0.25, 0.3) is 0 Å². The van der Waals surface area contributed by atoms with Crippen LogP contribution in [-0.2, 0) is 9.53 Å². The van der Waals surface area contributed by atoms with Gasteiger partial charge < -0.3 is 4.74 Å². The molecule has 0 rings (SSSR count). The Morgan fingerprint density at radius 2 is 2.15 bits per heavy atom. The van der Waals surface area contributed by atoms with Crippen LogP contribution < -0.4 is 0 Å². The number of carbonyl (C=O) groups excluding carboxylic acids is 1. The monoisotopic (exact) mass is 205 g/mol. The summed E-state index contributed by atoms with van der Waals surface area (Å²) in [4.78, 5) is 13.1. The van der Waals surface area contributed by atoms with Crippen LogP contribution in [0.1, 0.15) is 13.3 Å². The third-order valence-corrected chi connectivity index (χ3v) is 2.32. The van der Waals surface area contributed by atoms with Gasteiger partial charge in [-0.1, -0.05) is 6.92 Å². The van der Waals surface area contributed by atoms with Gasteiger partial charge in [-0.3, -0.25) is 9.69 Å². The van der Waals surface area contributed by atoms with E-state index in [0.29, 0.717) is 6.54 Å². The van der Waals surface area contributed by atoms with Crippen molar-refractivity contribution in [3.05, 3.63) is 0 Å². The summed E-state index contributed by atoms with van der Waals surface area (Å²) in [6, 6.07) is 0. The summed E-state index contributed by atoms with van der Waals surface area (Å²) < 4.78 is 4.62. The molecule has 0 saturated carbocycles. The average Bonchev–Trinajstić information content (AvgIpc) is 2.14. The molecule has 0 amide bonds. The van der Waals surface area contributed by atoms with Crippen LogP contribution >= 0.6 is 11.8 Å². The van der Waals surface area contributed by atoms with Gasteiger partial charge in [0.1, 0.15) is 0 Å². The van der Waals surface area contributed by atoms with Gasteiger partial charge in [-0.2, -0.15) is 11.8 Å². The number of rotatable bonds is 7. The van der Waals surface area contributed by atoms with Gasteiger partial charge in [0.25, 0.3) is 0 Å².